The molecule has 2 aromatic heterocycles. The fraction of sp³-hybridized carbons (Fsp3) is 0.100. The van der Waals surface area contributed by atoms with Crippen molar-refractivity contribution >= 4 is 33.6 Å². The van der Waals surface area contributed by atoms with Crippen LogP contribution in [-0.4, -0.2) is 31.1 Å². The maximum absolute atomic E-state index is 12.4. The Morgan fingerprint density at radius 3 is 1.53 bits per heavy atom. The van der Waals surface area contributed by atoms with Gasteiger partial charge < -0.3 is 0 Å². The van der Waals surface area contributed by atoms with Gasteiger partial charge in [-0.05, 0) is 24.3 Å². The Labute approximate surface area is 168 Å². The van der Waals surface area contributed by atoms with Crippen molar-refractivity contribution in [1.82, 2.24) is 19.3 Å². The maximum Gasteiger partial charge on any atom is 0.280 e. The molecule has 0 radical (unpaired) electrons. The van der Waals surface area contributed by atoms with Crippen molar-refractivity contribution in [2.75, 3.05) is 10.9 Å². The molecule has 0 spiro atoms. The number of fused-ring (bicyclic) bond motifs is 2. The number of benzene rings is 2. The first-order chi connectivity index (χ1) is 14.5. The Hall–Kier alpha value is -4.34. The van der Waals surface area contributed by atoms with Gasteiger partial charge in [0, 0.05) is 12.8 Å². The van der Waals surface area contributed by atoms with Gasteiger partial charge in [-0.2, -0.15) is 0 Å². The van der Waals surface area contributed by atoms with Crippen LogP contribution in [0.2, 0.25) is 0 Å². The summed E-state index contributed by atoms with van der Waals surface area (Å²) in [6.07, 6.45) is 2.04. The number of hydrogen-bond donors (Lipinski definition) is 2. The Bertz CT molecular complexity index is 1280. The van der Waals surface area contributed by atoms with Crippen molar-refractivity contribution in [1.29, 1.82) is 0 Å². The number of nitrogens with one attached hydrogen (secondary N) is 2. The molecule has 4 aromatic rings. The molecule has 2 N–H and O–H groups in total. The van der Waals surface area contributed by atoms with Crippen LogP contribution in [0.15, 0.2) is 70.8 Å². The van der Waals surface area contributed by atoms with Crippen molar-refractivity contribution in [3.05, 3.63) is 81.9 Å². The fourth-order valence-electron chi connectivity index (χ4n) is 2.91. The minimum absolute atomic E-state index is 0.194. The number of aromatic nitrogens is 4. The van der Waals surface area contributed by atoms with Crippen LogP contribution in [0.1, 0.15) is 12.8 Å². The molecule has 2 aromatic carbocycles. The molecule has 2 amide bonds. The van der Waals surface area contributed by atoms with Crippen LogP contribution in [0.25, 0.3) is 21.8 Å². The number of nitrogens with zero attached hydrogens (tertiary/aromatic N) is 4. The second-order valence-electron chi connectivity index (χ2n) is 6.44. The molecular weight excluding hydrogens is 388 g/mol. The molecule has 0 unspecified atom stereocenters. The number of amides is 2. The topological polar surface area (TPSA) is 128 Å². The van der Waals surface area contributed by atoms with Crippen LogP contribution >= 0.6 is 0 Å². The summed E-state index contributed by atoms with van der Waals surface area (Å²) in [4.78, 5) is 57.2. The van der Waals surface area contributed by atoms with Crippen molar-refractivity contribution in [2.45, 2.75) is 12.8 Å². The van der Waals surface area contributed by atoms with E-state index in [1.54, 1.807) is 48.5 Å². The van der Waals surface area contributed by atoms with E-state index in [2.05, 4.69) is 20.8 Å². The van der Waals surface area contributed by atoms with Crippen molar-refractivity contribution in [2.24, 2.45) is 0 Å². The van der Waals surface area contributed by atoms with Crippen LogP contribution in [0.3, 0.4) is 0 Å². The lowest BCUT2D eigenvalue weighted by Crippen LogP contribution is -2.35. The molecule has 0 aliphatic heterocycles. The predicted molar refractivity (Wildman–Crippen MR) is 110 cm³/mol. The van der Waals surface area contributed by atoms with E-state index in [9.17, 15) is 19.2 Å². The average Bonchev–Trinajstić information content (AvgIpc) is 2.76. The largest absolute Gasteiger partial charge is 0.280 e. The van der Waals surface area contributed by atoms with Crippen LogP contribution < -0.4 is 22.0 Å². The smallest absolute Gasteiger partial charge is 0.273 e. The van der Waals surface area contributed by atoms with Crippen LogP contribution in [0.4, 0.5) is 0 Å². The molecule has 0 atom stereocenters. The summed E-state index contributed by atoms with van der Waals surface area (Å²) in [6, 6.07) is 13.5. The molecule has 2 heterocycles. The molecule has 30 heavy (non-hydrogen) atoms. The summed E-state index contributed by atoms with van der Waals surface area (Å²) in [7, 11) is 0. The molecule has 10 heteroatoms. The highest BCUT2D eigenvalue weighted by atomic mass is 16.2. The van der Waals surface area contributed by atoms with E-state index in [0.29, 0.717) is 21.8 Å². The van der Waals surface area contributed by atoms with E-state index in [1.165, 1.54) is 12.7 Å². The third-order valence-electron chi connectivity index (χ3n) is 4.40. The van der Waals surface area contributed by atoms with E-state index in [1.807, 2.05) is 0 Å². The lowest BCUT2D eigenvalue weighted by molar-refractivity contribution is -0.122. The van der Waals surface area contributed by atoms with Gasteiger partial charge in [0.05, 0.1) is 21.8 Å². The van der Waals surface area contributed by atoms with Gasteiger partial charge in [-0.25, -0.2) is 19.3 Å². The van der Waals surface area contributed by atoms with Crippen LogP contribution in [0, 0.1) is 0 Å². The number of carbonyl (C=O) groups is 2. The third-order valence-corrected chi connectivity index (χ3v) is 4.40. The van der Waals surface area contributed by atoms with Gasteiger partial charge in [0.1, 0.15) is 12.7 Å². The molecule has 0 aliphatic carbocycles. The molecule has 0 bridgehead atoms. The van der Waals surface area contributed by atoms with Gasteiger partial charge in [0.15, 0.2) is 0 Å². The van der Waals surface area contributed by atoms with Gasteiger partial charge >= 0.3 is 0 Å². The average molecular weight is 404 g/mol. The van der Waals surface area contributed by atoms with E-state index < -0.39 is 22.9 Å². The lowest BCUT2D eigenvalue weighted by atomic mass is 10.2. The highest BCUT2D eigenvalue weighted by molar-refractivity contribution is 5.91. The summed E-state index contributed by atoms with van der Waals surface area (Å²) >= 11 is 0. The molecule has 0 aliphatic rings. The Balaban J connectivity index is 1.39. The summed E-state index contributed by atoms with van der Waals surface area (Å²) < 4.78 is 1.95. The lowest BCUT2D eigenvalue weighted by Gasteiger charge is -2.10. The minimum atomic E-state index is -0.548. The Morgan fingerprint density at radius 2 is 1.10 bits per heavy atom. The second-order valence-corrected chi connectivity index (χ2v) is 6.44. The number of para-hydroxylation sites is 2. The van der Waals surface area contributed by atoms with Crippen molar-refractivity contribution in [3.8, 4) is 0 Å². The van der Waals surface area contributed by atoms with Crippen molar-refractivity contribution in [3.63, 3.8) is 0 Å². The zero-order valence-corrected chi connectivity index (χ0v) is 15.6. The van der Waals surface area contributed by atoms with Gasteiger partial charge in [-0.1, -0.05) is 24.3 Å². The molecule has 150 valence electrons. The van der Waals surface area contributed by atoms with Gasteiger partial charge in [0.2, 0.25) is 11.8 Å². The minimum Gasteiger partial charge on any atom is -0.273 e. The maximum atomic E-state index is 12.4. The molecular formula is C20H16N6O4. The van der Waals surface area contributed by atoms with Gasteiger partial charge in [-0.15, -0.1) is 0 Å². The molecule has 0 saturated carbocycles. The number of hydrogen-bond acceptors (Lipinski definition) is 6. The van der Waals surface area contributed by atoms with Crippen LogP contribution in [0.5, 0.6) is 0 Å². The summed E-state index contributed by atoms with van der Waals surface area (Å²) in [5, 5.41) is 0.724. The normalized spacial score (nSPS) is 10.8. The van der Waals surface area contributed by atoms with E-state index >= 15 is 0 Å². The van der Waals surface area contributed by atoms with E-state index in [0.717, 1.165) is 9.35 Å². The Kier molecular flexibility index (Phi) is 5.04. The van der Waals surface area contributed by atoms with Crippen molar-refractivity contribution < 1.29 is 9.59 Å². The first-order valence-electron chi connectivity index (χ1n) is 9.05. The monoisotopic (exact) mass is 404 g/mol. The molecule has 0 saturated heterocycles. The quantitative estimate of drug-likeness (QED) is 0.505. The highest BCUT2D eigenvalue weighted by Gasteiger charge is 2.11. The highest BCUT2D eigenvalue weighted by Crippen LogP contribution is 2.05. The summed E-state index contributed by atoms with van der Waals surface area (Å²) in [5.41, 5.74) is 4.98. The SMILES string of the molecule is O=C(CCC(=O)Nn1cnc2ccccc2c1=O)Nn1cnc2ccccc2c1=O. The number of carbonyl (C=O) groups excluding carboxylic acids is 2. The fourth-order valence-corrected chi connectivity index (χ4v) is 2.91. The van der Waals surface area contributed by atoms with E-state index in [4.69, 9.17) is 0 Å². The second kappa shape index (κ2) is 7.95. The van der Waals surface area contributed by atoms with E-state index in [-0.39, 0.29) is 12.8 Å². The first kappa shape index (κ1) is 19.0. The summed E-state index contributed by atoms with van der Waals surface area (Å²) in [6.45, 7) is 0. The van der Waals surface area contributed by atoms with Gasteiger partial charge in [-0.3, -0.25) is 30.0 Å². The Morgan fingerprint density at radius 1 is 0.700 bits per heavy atom. The summed E-state index contributed by atoms with van der Waals surface area (Å²) in [5.74, 6) is -1.10. The third kappa shape index (κ3) is 3.78. The zero-order valence-electron chi connectivity index (χ0n) is 15.6. The zero-order chi connectivity index (χ0) is 21.1. The standard InChI is InChI=1S/C20H16N6O4/c27-17(23-25-11-21-15-7-3-1-5-13(15)19(25)29)9-10-18(28)24-26-12-22-16-8-4-2-6-14(16)20(26)30/h1-8,11-12H,9-10H2,(H,23,27)(H,24,28). The molecule has 10 nitrogen and oxygen atoms in total. The number of rotatable bonds is 5. The predicted octanol–water partition coefficient (Wildman–Crippen LogP) is 0.727. The molecule has 0 fully saturated rings. The first-order valence-corrected chi connectivity index (χ1v) is 9.05. The van der Waals surface area contributed by atoms with Crippen LogP contribution in [-0.2, 0) is 9.59 Å². The van der Waals surface area contributed by atoms with Gasteiger partial charge in [0.25, 0.3) is 11.1 Å². The molecule has 4 rings (SSSR count).